The van der Waals surface area contributed by atoms with Crippen molar-refractivity contribution in [2.24, 2.45) is 0 Å². The number of amides is 1. The van der Waals surface area contributed by atoms with Gasteiger partial charge in [-0.3, -0.25) is 19.8 Å². The molecule has 1 fully saturated rings. The van der Waals surface area contributed by atoms with Crippen molar-refractivity contribution in [3.05, 3.63) is 105 Å². The quantitative estimate of drug-likeness (QED) is 0.205. The van der Waals surface area contributed by atoms with E-state index in [1.54, 1.807) is 12.1 Å². The van der Waals surface area contributed by atoms with Gasteiger partial charge in [-0.15, -0.1) is 0 Å². The molecular weight excluding hydrogens is 476 g/mol. The van der Waals surface area contributed by atoms with Crippen molar-refractivity contribution in [1.29, 1.82) is 0 Å². The van der Waals surface area contributed by atoms with Gasteiger partial charge in [0.05, 0.1) is 21.1 Å². The molecule has 0 unspecified atom stereocenters. The van der Waals surface area contributed by atoms with E-state index in [0.717, 1.165) is 17.3 Å². The molecule has 1 N–H and O–H groups in total. The molecule has 0 radical (unpaired) electrons. The third-order valence-corrected chi connectivity index (χ3v) is 6.16. The Kier molecular flexibility index (Phi) is 6.71. The first-order chi connectivity index (χ1) is 16.3. The van der Waals surface area contributed by atoms with Crippen LogP contribution in [0.1, 0.15) is 21.5 Å². The van der Waals surface area contributed by atoms with E-state index in [0.29, 0.717) is 11.3 Å². The summed E-state index contributed by atoms with van der Waals surface area (Å²) in [7, 11) is 0. The van der Waals surface area contributed by atoms with E-state index >= 15 is 0 Å². The summed E-state index contributed by atoms with van der Waals surface area (Å²) in [5.41, 5.74) is 1.43. The van der Waals surface area contributed by atoms with Gasteiger partial charge in [0.25, 0.3) is 5.91 Å². The molecule has 0 spiro atoms. The molecule has 3 aromatic rings. The molecular formula is C24H16N2O6S2. The van der Waals surface area contributed by atoms with Gasteiger partial charge in [0.1, 0.15) is 6.61 Å². The van der Waals surface area contributed by atoms with Gasteiger partial charge in [0.15, 0.2) is 10.1 Å². The molecule has 170 valence electrons. The molecule has 1 amide bonds. The van der Waals surface area contributed by atoms with Gasteiger partial charge in [-0.1, -0.05) is 66.4 Å². The van der Waals surface area contributed by atoms with Crippen LogP contribution in [0.15, 0.2) is 77.7 Å². The first kappa shape index (κ1) is 23.1. The number of ether oxygens (including phenoxy) is 1. The zero-order valence-electron chi connectivity index (χ0n) is 17.4. The molecule has 0 saturated carbocycles. The van der Waals surface area contributed by atoms with E-state index in [-0.39, 0.29) is 32.8 Å². The van der Waals surface area contributed by atoms with Crippen molar-refractivity contribution in [3.63, 3.8) is 0 Å². The largest absolute Gasteiger partial charge is 0.482 e. The number of thioether (sulfide) groups is 1. The Morgan fingerprint density at radius 1 is 1.12 bits per heavy atom. The second-order valence-corrected chi connectivity index (χ2v) is 8.81. The maximum absolute atomic E-state index is 13.0. The van der Waals surface area contributed by atoms with Crippen LogP contribution in [0.4, 0.5) is 11.4 Å². The fraction of sp³-hybridized carbons (Fsp3) is 0.0417. The molecule has 0 bridgehead atoms. The average molecular weight is 493 g/mol. The van der Waals surface area contributed by atoms with Crippen LogP contribution in [0.2, 0.25) is 0 Å². The number of carbonyl (C=O) groups is 2. The Labute approximate surface area is 203 Å². The molecule has 10 heteroatoms. The molecule has 0 aromatic heterocycles. The highest BCUT2D eigenvalue weighted by Crippen LogP contribution is 2.37. The second-order valence-electron chi connectivity index (χ2n) is 7.13. The molecule has 0 atom stereocenters. The highest BCUT2D eigenvalue weighted by Gasteiger charge is 2.33. The van der Waals surface area contributed by atoms with Crippen LogP contribution in [-0.2, 0) is 11.4 Å². The summed E-state index contributed by atoms with van der Waals surface area (Å²) >= 11 is 6.35. The number of nitro benzene ring substituents is 1. The minimum absolute atomic E-state index is 0.0252. The number of thiocarbonyl (C=S) groups is 1. The van der Waals surface area contributed by atoms with E-state index in [1.165, 1.54) is 41.3 Å². The normalized spacial score (nSPS) is 14.5. The monoisotopic (exact) mass is 492 g/mol. The van der Waals surface area contributed by atoms with Gasteiger partial charge in [-0.2, -0.15) is 0 Å². The highest BCUT2D eigenvalue weighted by molar-refractivity contribution is 8.27. The molecule has 1 heterocycles. The van der Waals surface area contributed by atoms with Crippen molar-refractivity contribution < 1.29 is 24.4 Å². The van der Waals surface area contributed by atoms with Crippen LogP contribution < -0.4 is 9.64 Å². The van der Waals surface area contributed by atoms with Crippen LogP contribution in [-0.4, -0.2) is 26.2 Å². The molecule has 3 aromatic carbocycles. The van der Waals surface area contributed by atoms with Crippen molar-refractivity contribution >= 4 is 57.6 Å². The molecule has 8 nitrogen and oxygen atoms in total. The van der Waals surface area contributed by atoms with Gasteiger partial charge in [-0.05, 0) is 41.5 Å². The van der Waals surface area contributed by atoms with Gasteiger partial charge in [0.2, 0.25) is 0 Å². The third-order valence-electron chi connectivity index (χ3n) is 4.86. The predicted molar refractivity (Wildman–Crippen MR) is 133 cm³/mol. The standard InChI is InChI=1S/C24H16N2O6S2/c27-22-21(34-24(33)25(22)18-8-4-7-17(13-18)23(28)29)12-16-9-10-20(19(11-16)26(30)31)32-14-15-5-2-1-3-6-15/h1-13H,14H2,(H,28,29)/b21-12+. The summed E-state index contributed by atoms with van der Waals surface area (Å²) in [5.74, 6) is -1.45. The average Bonchev–Trinajstić information content (AvgIpc) is 3.11. The number of rotatable bonds is 7. The predicted octanol–water partition coefficient (Wildman–Crippen LogP) is 5.28. The Balaban J connectivity index is 1.58. The van der Waals surface area contributed by atoms with E-state index in [1.807, 2.05) is 30.3 Å². The fourth-order valence-corrected chi connectivity index (χ4v) is 4.54. The summed E-state index contributed by atoms with van der Waals surface area (Å²) in [6, 6.07) is 19.6. The zero-order chi connectivity index (χ0) is 24.2. The number of carboxylic acid groups (broad SMARTS) is 1. The number of benzene rings is 3. The van der Waals surface area contributed by atoms with Crippen LogP contribution in [0.3, 0.4) is 0 Å². The van der Waals surface area contributed by atoms with Crippen LogP contribution in [0.5, 0.6) is 5.75 Å². The Hall–Kier alpha value is -4.02. The third kappa shape index (κ3) is 4.98. The molecule has 1 aliphatic heterocycles. The van der Waals surface area contributed by atoms with Crippen molar-refractivity contribution in [2.75, 3.05) is 4.90 Å². The van der Waals surface area contributed by atoms with Gasteiger partial charge in [-0.25, -0.2) is 4.79 Å². The zero-order valence-corrected chi connectivity index (χ0v) is 19.0. The molecule has 34 heavy (non-hydrogen) atoms. The molecule has 1 saturated heterocycles. The molecule has 4 rings (SSSR count). The maximum atomic E-state index is 13.0. The number of aromatic carboxylic acids is 1. The van der Waals surface area contributed by atoms with Gasteiger partial charge >= 0.3 is 11.7 Å². The number of anilines is 1. The topological polar surface area (TPSA) is 110 Å². The van der Waals surface area contributed by atoms with E-state index in [4.69, 9.17) is 17.0 Å². The van der Waals surface area contributed by atoms with Crippen molar-refractivity contribution in [3.8, 4) is 5.75 Å². The summed E-state index contributed by atoms with van der Waals surface area (Å²) in [6.45, 7) is 0.176. The minimum Gasteiger partial charge on any atom is -0.482 e. The van der Waals surface area contributed by atoms with E-state index in [2.05, 4.69) is 0 Å². The van der Waals surface area contributed by atoms with E-state index in [9.17, 15) is 24.8 Å². The van der Waals surface area contributed by atoms with Crippen LogP contribution in [0.25, 0.3) is 6.08 Å². The summed E-state index contributed by atoms with van der Waals surface area (Å²) in [6.07, 6.45) is 1.51. The lowest BCUT2D eigenvalue weighted by atomic mass is 10.1. The van der Waals surface area contributed by atoms with Gasteiger partial charge in [0, 0.05) is 6.07 Å². The molecule has 0 aliphatic carbocycles. The maximum Gasteiger partial charge on any atom is 0.335 e. The number of hydrogen-bond donors (Lipinski definition) is 1. The minimum atomic E-state index is -1.12. The van der Waals surface area contributed by atoms with Crippen LogP contribution in [0, 0.1) is 10.1 Å². The summed E-state index contributed by atoms with van der Waals surface area (Å²) in [4.78, 5) is 36.8. The fourth-order valence-electron chi connectivity index (χ4n) is 3.24. The molecule has 1 aliphatic rings. The summed E-state index contributed by atoms with van der Waals surface area (Å²) < 4.78 is 5.87. The number of hydrogen-bond acceptors (Lipinski definition) is 7. The first-order valence-corrected chi connectivity index (χ1v) is 11.1. The Morgan fingerprint density at radius 2 is 1.88 bits per heavy atom. The second kappa shape index (κ2) is 9.86. The Morgan fingerprint density at radius 3 is 2.59 bits per heavy atom. The smallest absolute Gasteiger partial charge is 0.335 e. The van der Waals surface area contributed by atoms with Crippen molar-refractivity contribution in [1.82, 2.24) is 0 Å². The number of carbonyl (C=O) groups excluding carboxylic acids is 1. The van der Waals surface area contributed by atoms with Crippen molar-refractivity contribution in [2.45, 2.75) is 6.61 Å². The lowest BCUT2D eigenvalue weighted by Gasteiger charge is -2.14. The van der Waals surface area contributed by atoms with Crippen LogP contribution >= 0.6 is 24.0 Å². The van der Waals surface area contributed by atoms with Gasteiger partial charge < -0.3 is 9.84 Å². The first-order valence-electron chi connectivity index (χ1n) is 9.90. The Bertz CT molecular complexity index is 1340. The number of nitrogens with zero attached hydrogens (tertiary/aromatic N) is 2. The van der Waals surface area contributed by atoms with E-state index < -0.39 is 16.8 Å². The lowest BCUT2D eigenvalue weighted by molar-refractivity contribution is -0.386. The number of carboxylic acids is 1. The highest BCUT2D eigenvalue weighted by atomic mass is 32.2. The lowest BCUT2D eigenvalue weighted by Crippen LogP contribution is -2.27. The number of nitro groups is 1. The SMILES string of the molecule is O=C(O)c1cccc(N2C(=O)/C(=C\c3ccc(OCc4ccccc4)c([N+](=O)[O-])c3)SC2=S)c1. The summed E-state index contributed by atoms with van der Waals surface area (Å²) in [5, 5.41) is 20.8.